The Morgan fingerprint density at radius 2 is 2.00 bits per heavy atom. The van der Waals surface area contributed by atoms with E-state index in [0.717, 1.165) is 55.8 Å². The van der Waals surface area contributed by atoms with Crippen LogP contribution in [0.2, 0.25) is 0 Å². The first-order valence-electron chi connectivity index (χ1n) is 10.4. The van der Waals surface area contributed by atoms with Crippen molar-refractivity contribution in [1.82, 2.24) is 14.3 Å². The van der Waals surface area contributed by atoms with Crippen molar-refractivity contribution >= 4 is 26.7 Å². The molecule has 2 fully saturated rings. The van der Waals surface area contributed by atoms with E-state index in [4.69, 9.17) is 4.74 Å². The van der Waals surface area contributed by atoms with Crippen LogP contribution < -0.4 is 10.2 Å². The Kier molecular flexibility index (Phi) is 5.00. The number of ether oxygens (including phenoxy) is 1. The molecule has 2 aliphatic heterocycles. The van der Waals surface area contributed by atoms with E-state index in [0.29, 0.717) is 5.52 Å². The molecule has 0 bridgehead atoms. The van der Waals surface area contributed by atoms with Gasteiger partial charge in [-0.15, -0.1) is 0 Å². The number of benzene rings is 1. The molecule has 5 rings (SSSR count). The van der Waals surface area contributed by atoms with E-state index in [1.807, 2.05) is 18.2 Å². The molecule has 7 nitrogen and oxygen atoms in total. The number of pyridine rings is 1. The third-order valence-corrected chi connectivity index (χ3v) is 7.98. The van der Waals surface area contributed by atoms with E-state index in [2.05, 4.69) is 15.2 Å². The smallest absolute Gasteiger partial charge is 0.268 e. The van der Waals surface area contributed by atoms with Crippen molar-refractivity contribution in [3.63, 3.8) is 0 Å². The lowest BCUT2D eigenvalue weighted by atomic mass is 10.0. The summed E-state index contributed by atoms with van der Waals surface area (Å²) in [5, 5.41) is 3.36. The van der Waals surface area contributed by atoms with E-state index in [1.54, 1.807) is 37.7 Å². The number of methoxy groups -OCH3 is 1. The van der Waals surface area contributed by atoms with Gasteiger partial charge in [-0.2, -0.15) is 0 Å². The first-order chi connectivity index (χ1) is 14.6. The molecular formula is C22H26N4O3S. The van der Waals surface area contributed by atoms with Gasteiger partial charge in [0.25, 0.3) is 10.0 Å². The number of hydrogen-bond donors (Lipinski definition) is 1. The van der Waals surface area contributed by atoms with Crippen molar-refractivity contribution in [3.05, 3.63) is 54.4 Å². The maximum absolute atomic E-state index is 13.5. The second-order valence-electron chi connectivity index (χ2n) is 8.03. The molecule has 0 radical (unpaired) electrons. The van der Waals surface area contributed by atoms with Crippen molar-refractivity contribution < 1.29 is 13.2 Å². The van der Waals surface area contributed by atoms with Gasteiger partial charge in [0.2, 0.25) is 0 Å². The predicted molar refractivity (Wildman–Crippen MR) is 117 cm³/mol. The minimum Gasteiger partial charge on any atom is -0.380 e. The first-order valence-corrected chi connectivity index (χ1v) is 11.8. The second-order valence-corrected chi connectivity index (χ2v) is 9.85. The zero-order valence-electron chi connectivity index (χ0n) is 17.0. The maximum atomic E-state index is 13.5. The molecule has 2 saturated heterocycles. The number of anilines is 1. The Bertz CT molecular complexity index is 1150. The van der Waals surface area contributed by atoms with E-state index in [9.17, 15) is 8.42 Å². The highest BCUT2D eigenvalue weighted by atomic mass is 32.2. The van der Waals surface area contributed by atoms with Gasteiger partial charge >= 0.3 is 0 Å². The van der Waals surface area contributed by atoms with Crippen LogP contribution in [-0.2, 0) is 14.8 Å². The summed E-state index contributed by atoms with van der Waals surface area (Å²) < 4.78 is 33.8. The van der Waals surface area contributed by atoms with E-state index >= 15 is 0 Å². The molecule has 4 heterocycles. The minimum atomic E-state index is -3.72. The summed E-state index contributed by atoms with van der Waals surface area (Å²) in [6.45, 7) is 3.54. The van der Waals surface area contributed by atoms with Crippen LogP contribution in [0.3, 0.4) is 0 Å². The number of fused-ring (bicyclic) bond motifs is 1. The molecule has 2 atom stereocenters. The third kappa shape index (κ3) is 3.29. The molecule has 0 spiro atoms. The van der Waals surface area contributed by atoms with Gasteiger partial charge in [0.15, 0.2) is 0 Å². The molecule has 0 amide bonds. The summed E-state index contributed by atoms with van der Waals surface area (Å²) in [4.78, 5) is 7.01. The summed E-state index contributed by atoms with van der Waals surface area (Å²) in [5.74, 6) is 0.283. The third-order valence-electron chi connectivity index (χ3n) is 6.29. The van der Waals surface area contributed by atoms with Crippen molar-refractivity contribution in [2.75, 3.05) is 38.2 Å². The van der Waals surface area contributed by atoms with Gasteiger partial charge in [0.1, 0.15) is 0 Å². The van der Waals surface area contributed by atoms with Crippen LogP contribution in [-0.4, -0.2) is 56.8 Å². The van der Waals surface area contributed by atoms with Crippen molar-refractivity contribution in [2.24, 2.45) is 0 Å². The van der Waals surface area contributed by atoms with Gasteiger partial charge in [-0.05, 0) is 55.8 Å². The number of nitrogens with one attached hydrogen (secondary N) is 1. The molecule has 8 heteroatoms. The molecule has 0 aliphatic carbocycles. The number of hydrogen-bond acceptors (Lipinski definition) is 6. The number of nitrogens with zero attached hydrogens (tertiary/aromatic N) is 3. The molecule has 2 unspecified atom stereocenters. The van der Waals surface area contributed by atoms with Gasteiger partial charge in [0.05, 0.1) is 22.0 Å². The highest BCUT2D eigenvalue weighted by molar-refractivity contribution is 7.90. The van der Waals surface area contributed by atoms with Crippen LogP contribution in [0.5, 0.6) is 0 Å². The number of aromatic nitrogens is 2. The Labute approximate surface area is 176 Å². The fourth-order valence-electron chi connectivity index (χ4n) is 4.57. The van der Waals surface area contributed by atoms with Gasteiger partial charge < -0.3 is 15.0 Å². The SMILES string of the molecule is COC1CCN(c2ccc(S(=O)(=O)n3cc(C4CCNC4)c4ncccc43)cc2)C1. The van der Waals surface area contributed by atoms with Crippen molar-refractivity contribution in [2.45, 2.75) is 29.8 Å². The molecular weight excluding hydrogens is 400 g/mol. The summed E-state index contributed by atoms with van der Waals surface area (Å²) >= 11 is 0. The normalized spacial score (nSPS) is 22.2. The molecule has 3 aromatic rings. The van der Waals surface area contributed by atoms with Gasteiger partial charge in [-0.1, -0.05) is 0 Å². The lowest BCUT2D eigenvalue weighted by Crippen LogP contribution is -2.22. The zero-order chi connectivity index (χ0) is 20.7. The topological polar surface area (TPSA) is 76.5 Å². The largest absolute Gasteiger partial charge is 0.380 e. The maximum Gasteiger partial charge on any atom is 0.268 e. The molecule has 1 N–H and O–H groups in total. The standard InChI is InChI=1S/C22H26N4O3S/c1-29-18-9-12-25(14-18)17-4-6-19(7-5-17)30(27,28)26-15-20(16-8-11-23-13-16)22-21(26)3-2-10-24-22/h2-7,10,15-16,18,23H,8-9,11-14H2,1H3. The molecule has 1 aromatic carbocycles. The average molecular weight is 427 g/mol. The Morgan fingerprint density at radius 1 is 1.17 bits per heavy atom. The lowest BCUT2D eigenvalue weighted by molar-refractivity contribution is 0.121. The Hall–Kier alpha value is -2.42. The molecule has 158 valence electrons. The van der Waals surface area contributed by atoms with Crippen molar-refractivity contribution in [3.8, 4) is 0 Å². The second kappa shape index (κ2) is 7.68. The number of rotatable bonds is 5. The van der Waals surface area contributed by atoms with Crippen LogP contribution in [0.1, 0.15) is 24.3 Å². The van der Waals surface area contributed by atoms with Crippen LogP contribution in [0.15, 0.2) is 53.7 Å². The minimum absolute atomic E-state index is 0.232. The fraction of sp³-hybridized carbons (Fsp3) is 0.409. The summed E-state index contributed by atoms with van der Waals surface area (Å²) in [6.07, 6.45) is 5.70. The summed E-state index contributed by atoms with van der Waals surface area (Å²) in [5.41, 5.74) is 3.42. The lowest BCUT2D eigenvalue weighted by Gasteiger charge is -2.18. The van der Waals surface area contributed by atoms with Crippen LogP contribution in [0.4, 0.5) is 5.69 Å². The van der Waals surface area contributed by atoms with E-state index in [-0.39, 0.29) is 16.9 Å². The highest BCUT2D eigenvalue weighted by Gasteiger charge is 2.27. The molecule has 2 aliphatic rings. The quantitative estimate of drug-likeness (QED) is 0.676. The van der Waals surface area contributed by atoms with Crippen LogP contribution in [0, 0.1) is 0 Å². The fourth-order valence-corrected chi connectivity index (χ4v) is 5.94. The Morgan fingerprint density at radius 3 is 2.70 bits per heavy atom. The zero-order valence-corrected chi connectivity index (χ0v) is 17.8. The van der Waals surface area contributed by atoms with E-state index < -0.39 is 10.0 Å². The predicted octanol–water partition coefficient (Wildman–Crippen LogP) is 2.58. The van der Waals surface area contributed by atoms with Crippen LogP contribution in [0.25, 0.3) is 11.0 Å². The van der Waals surface area contributed by atoms with Gasteiger partial charge in [-0.3, -0.25) is 4.98 Å². The van der Waals surface area contributed by atoms with Crippen molar-refractivity contribution in [1.29, 1.82) is 0 Å². The van der Waals surface area contributed by atoms with Gasteiger partial charge in [0, 0.05) is 56.3 Å². The average Bonchev–Trinajstić information content (AvgIpc) is 3.53. The summed E-state index contributed by atoms with van der Waals surface area (Å²) in [7, 11) is -1.98. The molecule has 0 saturated carbocycles. The molecule has 2 aromatic heterocycles. The highest BCUT2D eigenvalue weighted by Crippen LogP contribution is 2.32. The Balaban J connectivity index is 1.50. The molecule has 30 heavy (non-hydrogen) atoms. The monoisotopic (exact) mass is 426 g/mol. The summed E-state index contributed by atoms with van der Waals surface area (Å²) in [6, 6.07) is 10.8. The van der Waals surface area contributed by atoms with Gasteiger partial charge in [-0.25, -0.2) is 12.4 Å². The van der Waals surface area contributed by atoms with Crippen LogP contribution >= 0.6 is 0 Å². The van der Waals surface area contributed by atoms with E-state index in [1.165, 1.54) is 3.97 Å². The first kappa shape index (κ1) is 19.5.